The van der Waals surface area contributed by atoms with Gasteiger partial charge in [0.05, 0.1) is 22.5 Å². The predicted octanol–water partition coefficient (Wildman–Crippen LogP) is 4.55. The number of anilines is 2. The molecule has 0 aliphatic heterocycles. The van der Waals surface area contributed by atoms with Crippen LogP contribution < -0.4 is 14.4 Å². The molecule has 30 heavy (non-hydrogen) atoms. The Labute approximate surface area is 177 Å². The van der Waals surface area contributed by atoms with Gasteiger partial charge in [-0.05, 0) is 48.9 Å². The van der Waals surface area contributed by atoms with E-state index in [4.69, 9.17) is 16.3 Å². The van der Waals surface area contributed by atoms with E-state index in [2.05, 4.69) is 5.32 Å². The van der Waals surface area contributed by atoms with Crippen molar-refractivity contribution in [3.05, 3.63) is 53.1 Å². The minimum Gasteiger partial charge on any atom is -0.481 e. The Balaban J connectivity index is 2.12. The lowest BCUT2D eigenvalue weighted by atomic mass is 10.1. The summed E-state index contributed by atoms with van der Waals surface area (Å²) in [6.07, 6.45) is -4.32. The van der Waals surface area contributed by atoms with E-state index >= 15 is 0 Å². The van der Waals surface area contributed by atoms with Crippen LogP contribution in [-0.2, 0) is 21.0 Å². The molecule has 1 N–H and O–H groups in total. The molecule has 0 unspecified atom stereocenters. The number of carbonyl (C=O) groups excluding carboxylic acids is 1. The SMILES string of the molecule is CC[C@H](Oc1ccc(N(C)S(C)(=O)=O)cc1)C(=O)Nc1ccc(Cl)c(C(F)(F)F)c1. The Morgan fingerprint density at radius 3 is 2.30 bits per heavy atom. The summed E-state index contributed by atoms with van der Waals surface area (Å²) in [7, 11) is -2.03. The van der Waals surface area contributed by atoms with Gasteiger partial charge in [0, 0.05) is 12.7 Å². The van der Waals surface area contributed by atoms with Crippen molar-refractivity contribution in [1.29, 1.82) is 0 Å². The Bertz CT molecular complexity index is 1010. The zero-order valence-electron chi connectivity index (χ0n) is 16.3. The first-order valence-electron chi connectivity index (χ1n) is 8.71. The van der Waals surface area contributed by atoms with Gasteiger partial charge in [-0.15, -0.1) is 0 Å². The Hall–Kier alpha value is -2.46. The van der Waals surface area contributed by atoms with Crippen LogP contribution in [0, 0.1) is 0 Å². The highest BCUT2D eigenvalue weighted by atomic mass is 35.5. The fourth-order valence-corrected chi connectivity index (χ4v) is 3.19. The Morgan fingerprint density at radius 1 is 1.20 bits per heavy atom. The second kappa shape index (κ2) is 9.13. The smallest absolute Gasteiger partial charge is 0.417 e. The normalized spacial score (nSPS) is 12.9. The van der Waals surface area contributed by atoms with Crippen LogP contribution in [0.5, 0.6) is 5.75 Å². The number of sulfonamides is 1. The number of rotatable bonds is 7. The third-order valence-electron chi connectivity index (χ3n) is 4.18. The van der Waals surface area contributed by atoms with Gasteiger partial charge in [0.25, 0.3) is 5.91 Å². The summed E-state index contributed by atoms with van der Waals surface area (Å²) in [4.78, 5) is 12.5. The zero-order valence-corrected chi connectivity index (χ0v) is 17.9. The van der Waals surface area contributed by atoms with Crippen molar-refractivity contribution in [2.24, 2.45) is 0 Å². The summed E-state index contributed by atoms with van der Waals surface area (Å²) in [5.41, 5.74) is -0.714. The molecule has 0 aliphatic carbocycles. The summed E-state index contributed by atoms with van der Waals surface area (Å²) in [6.45, 7) is 1.68. The quantitative estimate of drug-likeness (QED) is 0.652. The van der Waals surface area contributed by atoms with Crippen molar-refractivity contribution >= 4 is 38.9 Å². The molecule has 2 rings (SSSR count). The third kappa shape index (κ3) is 6.02. The first-order chi connectivity index (χ1) is 13.8. The number of hydrogen-bond donors (Lipinski definition) is 1. The first-order valence-corrected chi connectivity index (χ1v) is 10.9. The van der Waals surface area contributed by atoms with Crippen LogP contribution in [0.15, 0.2) is 42.5 Å². The monoisotopic (exact) mass is 464 g/mol. The van der Waals surface area contributed by atoms with Gasteiger partial charge in [0.2, 0.25) is 10.0 Å². The molecule has 2 aromatic rings. The highest BCUT2D eigenvalue weighted by Gasteiger charge is 2.33. The molecule has 2 aromatic carbocycles. The molecule has 11 heteroatoms. The van der Waals surface area contributed by atoms with Crippen LogP contribution in [0.3, 0.4) is 0 Å². The van der Waals surface area contributed by atoms with Crippen LogP contribution in [0.2, 0.25) is 5.02 Å². The topological polar surface area (TPSA) is 75.7 Å². The zero-order chi connectivity index (χ0) is 22.7. The first kappa shape index (κ1) is 23.8. The van der Waals surface area contributed by atoms with E-state index in [1.807, 2.05) is 0 Å². The Kier molecular flexibility index (Phi) is 7.25. The maximum absolute atomic E-state index is 13.0. The fraction of sp³-hybridized carbons (Fsp3) is 0.316. The molecule has 0 aliphatic rings. The van der Waals surface area contributed by atoms with Crippen molar-refractivity contribution in [2.75, 3.05) is 22.9 Å². The average molecular weight is 465 g/mol. The van der Waals surface area contributed by atoms with Crippen molar-refractivity contribution in [2.45, 2.75) is 25.6 Å². The third-order valence-corrected chi connectivity index (χ3v) is 5.71. The van der Waals surface area contributed by atoms with Gasteiger partial charge in [-0.1, -0.05) is 18.5 Å². The van der Waals surface area contributed by atoms with Crippen LogP contribution >= 0.6 is 11.6 Å². The van der Waals surface area contributed by atoms with Crippen LogP contribution in [-0.4, -0.2) is 33.7 Å². The van der Waals surface area contributed by atoms with Gasteiger partial charge < -0.3 is 10.1 Å². The summed E-state index contributed by atoms with van der Waals surface area (Å²) >= 11 is 5.58. The van der Waals surface area contributed by atoms with Crippen molar-refractivity contribution in [1.82, 2.24) is 0 Å². The molecule has 6 nitrogen and oxygen atoms in total. The minimum atomic E-state index is -4.65. The van der Waals surface area contributed by atoms with Gasteiger partial charge in [-0.25, -0.2) is 8.42 Å². The number of amides is 1. The van der Waals surface area contributed by atoms with Gasteiger partial charge in [0.1, 0.15) is 5.75 Å². The fourth-order valence-electron chi connectivity index (χ4n) is 2.46. The van der Waals surface area contributed by atoms with E-state index in [0.29, 0.717) is 11.4 Å². The number of benzene rings is 2. The average Bonchev–Trinajstić information content (AvgIpc) is 2.65. The lowest BCUT2D eigenvalue weighted by Crippen LogP contribution is -2.32. The summed E-state index contributed by atoms with van der Waals surface area (Å²) in [6, 6.07) is 9.08. The highest BCUT2D eigenvalue weighted by molar-refractivity contribution is 7.92. The molecule has 1 amide bonds. The van der Waals surface area contributed by atoms with Crippen molar-refractivity contribution in [3.8, 4) is 5.75 Å². The number of nitrogens with zero attached hydrogens (tertiary/aromatic N) is 1. The van der Waals surface area contributed by atoms with Gasteiger partial charge in [0.15, 0.2) is 6.10 Å². The largest absolute Gasteiger partial charge is 0.481 e. The lowest BCUT2D eigenvalue weighted by molar-refractivity contribution is -0.137. The van der Waals surface area contributed by atoms with Crippen LogP contribution in [0.4, 0.5) is 24.5 Å². The number of alkyl halides is 3. The van der Waals surface area contributed by atoms with Crippen LogP contribution in [0.25, 0.3) is 0 Å². The molecule has 0 heterocycles. The lowest BCUT2D eigenvalue weighted by Gasteiger charge is -2.20. The predicted molar refractivity (Wildman–Crippen MR) is 109 cm³/mol. The number of carbonyl (C=O) groups is 1. The van der Waals surface area contributed by atoms with E-state index in [1.54, 1.807) is 6.92 Å². The molecule has 0 bridgehead atoms. The van der Waals surface area contributed by atoms with E-state index in [1.165, 1.54) is 37.4 Å². The molecule has 1 atom stereocenters. The highest BCUT2D eigenvalue weighted by Crippen LogP contribution is 2.36. The van der Waals surface area contributed by atoms with E-state index < -0.39 is 38.8 Å². The molecular formula is C19H20ClF3N2O4S. The van der Waals surface area contributed by atoms with Crippen molar-refractivity contribution in [3.63, 3.8) is 0 Å². The molecule has 0 aromatic heterocycles. The van der Waals surface area contributed by atoms with Crippen molar-refractivity contribution < 1.29 is 31.1 Å². The van der Waals surface area contributed by atoms with E-state index in [0.717, 1.165) is 22.7 Å². The van der Waals surface area contributed by atoms with E-state index in [-0.39, 0.29) is 12.1 Å². The molecule has 0 fully saturated rings. The number of halogens is 4. The molecule has 0 radical (unpaired) electrons. The van der Waals surface area contributed by atoms with E-state index in [9.17, 15) is 26.4 Å². The molecule has 164 valence electrons. The van der Waals surface area contributed by atoms with Crippen LogP contribution in [0.1, 0.15) is 18.9 Å². The number of nitrogens with one attached hydrogen (secondary N) is 1. The van der Waals surface area contributed by atoms with Gasteiger partial charge in [-0.3, -0.25) is 9.10 Å². The second-order valence-electron chi connectivity index (χ2n) is 6.42. The van der Waals surface area contributed by atoms with Gasteiger partial charge in [-0.2, -0.15) is 13.2 Å². The summed E-state index contributed by atoms with van der Waals surface area (Å²) in [5.74, 6) is -0.333. The standard InChI is InChI=1S/C19H20ClF3N2O4S/c1-4-17(29-14-8-6-13(7-9-14)25(2)30(3,27)28)18(26)24-12-5-10-16(20)15(11-12)19(21,22)23/h5-11,17H,4H2,1-3H3,(H,24,26)/t17-/m0/s1. The van der Waals surface area contributed by atoms with Gasteiger partial charge >= 0.3 is 6.18 Å². The molecular weight excluding hydrogens is 445 g/mol. The second-order valence-corrected chi connectivity index (χ2v) is 8.84. The molecule has 0 saturated heterocycles. The minimum absolute atomic E-state index is 0.0658. The maximum Gasteiger partial charge on any atom is 0.417 e. The number of ether oxygens (including phenoxy) is 1. The summed E-state index contributed by atoms with van der Waals surface area (Å²) < 4.78 is 68.8. The Morgan fingerprint density at radius 2 is 1.80 bits per heavy atom. The molecule has 0 spiro atoms. The molecule has 0 saturated carbocycles. The number of hydrogen-bond acceptors (Lipinski definition) is 4. The summed E-state index contributed by atoms with van der Waals surface area (Å²) in [5, 5.41) is 1.92. The maximum atomic E-state index is 13.0.